The van der Waals surface area contributed by atoms with E-state index >= 15 is 0 Å². The fourth-order valence-corrected chi connectivity index (χ4v) is 1.10. The summed E-state index contributed by atoms with van der Waals surface area (Å²) in [7, 11) is 1.28. The van der Waals surface area contributed by atoms with E-state index in [1.165, 1.54) is 31.4 Å². The van der Waals surface area contributed by atoms with Gasteiger partial charge in [0.2, 0.25) is 0 Å². The first-order valence-electron chi connectivity index (χ1n) is 4.85. The molecule has 0 saturated carbocycles. The normalized spacial score (nSPS) is 11.9. The molecular formula is C11H14FNO3. The van der Waals surface area contributed by atoms with Gasteiger partial charge in [-0.15, -0.1) is 0 Å². The lowest BCUT2D eigenvalue weighted by Gasteiger charge is -2.10. The summed E-state index contributed by atoms with van der Waals surface area (Å²) < 4.78 is 22.3. The van der Waals surface area contributed by atoms with Gasteiger partial charge in [-0.25, -0.2) is 4.39 Å². The van der Waals surface area contributed by atoms with Crippen molar-refractivity contribution in [3.8, 4) is 5.75 Å². The van der Waals surface area contributed by atoms with E-state index < -0.39 is 12.0 Å². The van der Waals surface area contributed by atoms with Crippen LogP contribution in [0.25, 0.3) is 0 Å². The molecule has 1 aromatic rings. The van der Waals surface area contributed by atoms with Crippen LogP contribution in [0.1, 0.15) is 6.42 Å². The van der Waals surface area contributed by atoms with E-state index in [9.17, 15) is 9.18 Å². The van der Waals surface area contributed by atoms with Crippen molar-refractivity contribution in [2.45, 2.75) is 12.5 Å². The molecule has 0 bridgehead atoms. The summed E-state index contributed by atoms with van der Waals surface area (Å²) in [6.07, 6.45) is 0.351. The number of carbonyl (C=O) groups is 1. The first kappa shape index (κ1) is 12.4. The molecule has 88 valence electrons. The lowest BCUT2D eigenvalue weighted by Crippen LogP contribution is -2.33. The number of esters is 1. The highest BCUT2D eigenvalue weighted by Gasteiger charge is 2.13. The third-order valence-electron chi connectivity index (χ3n) is 2.02. The zero-order valence-electron chi connectivity index (χ0n) is 8.98. The molecule has 0 saturated heterocycles. The van der Waals surface area contributed by atoms with E-state index in [0.29, 0.717) is 12.2 Å². The van der Waals surface area contributed by atoms with Crippen molar-refractivity contribution in [3.63, 3.8) is 0 Å². The molecule has 0 radical (unpaired) electrons. The SMILES string of the molecule is COC(=O)C(N)CCOc1ccc(F)cc1. The number of nitrogens with two attached hydrogens (primary N) is 1. The Bertz CT molecular complexity index is 340. The minimum absolute atomic E-state index is 0.280. The van der Waals surface area contributed by atoms with E-state index in [-0.39, 0.29) is 12.4 Å². The molecule has 0 fully saturated rings. The van der Waals surface area contributed by atoms with E-state index in [2.05, 4.69) is 4.74 Å². The van der Waals surface area contributed by atoms with Gasteiger partial charge in [0.15, 0.2) is 0 Å². The zero-order valence-corrected chi connectivity index (χ0v) is 8.98. The van der Waals surface area contributed by atoms with Gasteiger partial charge in [-0.05, 0) is 24.3 Å². The van der Waals surface area contributed by atoms with Gasteiger partial charge < -0.3 is 15.2 Å². The summed E-state index contributed by atoms with van der Waals surface area (Å²) in [5.74, 6) is -0.250. The minimum atomic E-state index is -0.689. The van der Waals surface area contributed by atoms with Gasteiger partial charge in [-0.1, -0.05) is 0 Å². The van der Waals surface area contributed by atoms with Crippen molar-refractivity contribution in [2.75, 3.05) is 13.7 Å². The van der Waals surface area contributed by atoms with Crippen LogP contribution < -0.4 is 10.5 Å². The maximum absolute atomic E-state index is 12.6. The number of hydrogen-bond acceptors (Lipinski definition) is 4. The smallest absolute Gasteiger partial charge is 0.322 e. The van der Waals surface area contributed by atoms with Gasteiger partial charge in [0.1, 0.15) is 17.6 Å². The van der Waals surface area contributed by atoms with Gasteiger partial charge in [0.05, 0.1) is 13.7 Å². The van der Waals surface area contributed by atoms with Crippen LogP contribution in [-0.2, 0) is 9.53 Å². The second-order valence-corrected chi connectivity index (χ2v) is 3.22. The van der Waals surface area contributed by atoms with E-state index in [1.54, 1.807) is 0 Å². The lowest BCUT2D eigenvalue weighted by molar-refractivity contribution is -0.142. The van der Waals surface area contributed by atoms with Gasteiger partial charge >= 0.3 is 5.97 Å². The highest BCUT2D eigenvalue weighted by atomic mass is 19.1. The number of carbonyl (C=O) groups excluding carboxylic acids is 1. The molecule has 1 rings (SSSR count). The highest BCUT2D eigenvalue weighted by Crippen LogP contribution is 2.11. The van der Waals surface area contributed by atoms with Gasteiger partial charge in [0, 0.05) is 6.42 Å². The average Bonchev–Trinajstić information content (AvgIpc) is 2.30. The van der Waals surface area contributed by atoms with E-state index in [0.717, 1.165) is 0 Å². The first-order chi connectivity index (χ1) is 7.63. The monoisotopic (exact) mass is 227 g/mol. The summed E-state index contributed by atoms with van der Waals surface area (Å²) in [5, 5.41) is 0. The Labute approximate surface area is 93.2 Å². The standard InChI is InChI=1S/C11H14FNO3/c1-15-11(14)10(13)6-7-16-9-4-2-8(12)3-5-9/h2-5,10H,6-7,13H2,1H3. The van der Waals surface area contributed by atoms with Crippen LogP contribution in [0.5, 0.6) is 5.75 Å². The maximum atomic E-state index is 12.6. The molecule has 0 heterocycles. The average molecular weight is 227 g/mol. The number of rotatable bonds is 5. The molecule has 0 aromatic heterocycles. The fourth-order valence-electron chi connectivity index (χ4n) is 1.10. The minimum Gasteiger partial charge on any atom is -0.494 e. The molecule has 0 aliphatic heterocycles. The number of halogens is 1. The second kappa shape index (κ2) is 6.07. The molecule has 0 aliphatic rings. The fraction of sp³-hybridized carbons (Fsp3) is 0.364. The number of methoxy groups -OCH3 is 1. The van der Waals surface area contributed by atoms with Crippen LogP contribution in [0.2, 0.25) is 0 Å². The highest BCUT2D eigenvalue weighted by molar-refractivity contribution is 5.75. The number of ether oxygens (including phenoxy) is 2. The van der Waals surface area contributed by atoms with Gasteiger partial charge in [-0.2, -0.15) is 0 Å². The van der Waals surface area contributed by atoms with Crippen LogP contribution in [0.3, 0.4) is 0 Å². The van der Waals surface area contributed by atoms with Gasteiger partial charge in [-0.3, -0.25) is 4.79 Å². The largest absolute Gasteiger partial charge is 0.494 e. The van der Waals surface area contributed by atoms with Crippen molar-refractivity contribution in [2.24, 2.45) is 5.73 Å². The second-order valence-electron chi connectivity index (χ2n) is 3.22. The summed E-state index contributed by atoms with van der Waals surface area (Å²) in [6.45, 7) is 0.280. The van der Waals surface area contributed by atoms with Gasteiger partial charge in [0.25, 0.3) is 0 Å². The Morgan fingerprint density at radius 3 is 2.62 bits per heavy atom. The van der Waals surface area contributed by atoms with Crippen molar-refractivity contribution < 1.29 is 18.7 Å². The molecule has 0 spiro atoms. The van der Waals surface area contributed by atoms with Crippen LogP contribution in [0, 0.1) is 5.82 Å². The third kappa shape index (κ3) is 3.86. The topological polar surface area (TPSA) is 61.5 Å². The molecule has 2 N–H and O–H groups in total. The molecule has 16 heavy (non-hydrogen) atoms. The summed E-state index contributed by atoms with van der Waals surface area (Å²) >= 11 is 0. The Hall–Kier alpha value is -1.62. The zero-order chi connectivity index (χ0) is 12.0. The molecule has 0 aliphatic carbocycles. The van der Waals surface area contributed by atoms with Crippen LogP contribution in [0.15, 0.2) is 24.3 Å². The molecule has 1 atom stereocenters. The first-order valence-corrected chi connectivity index (χ1v) is 4.85. The molecule has 0 amide bonds. The predicted octanol–water partition coefficient (Wildman–Crippen LogP) is 1.09. The van der Waals surface area contributed by atoms with Crippen molar-refractivity contribution in [3.05, 3.63) is 30.1 Å². The van der Waals surface area contributed by atoms with E-state index in [4.69, 9.17) is 10.5 Å². The van der Waals surface area contributed by atoms with Crippen LogP contribution >= 0.6 is 0 Å². The predicted molar refractivity (Wildman–Crippen MR) is 56.5 cm³/mol. The molecule has 1 aromatic carbocycles. The van der Waals surface area contributed by atoms with Crippen molar-refractivity contribution in [1.29, 1.82) is 0 Å². The van der Waals surface area contributed by atoms with Crippen molar-refractivity contribution >= 4 is 5.97 Å². The molecular weight excluding hydrogens is 213 g/mol. The Morgan fingerprint density at radius 2 is 2.06 bits per heavy atom. The third-order valence-corrected chi connectivity index (χ3v) is 2.02. The molecule has 4 nitrogen and oxygen atoms in total. The van der Waals surface area contributed by atoms with Crippen LogP contribution in [-0.4, -0.2) is 25.7 Å². The summed E-state index contributed by atoms with van der Waals surface area (Å²) in [6, 6.07) is 4.94. The van der Waals surface area contributed by atoms with E-state index in [1.807, 2.05) is 0 Å². The maximum Gasteiger partial charge on any atom is 0.322 e. The molecule has 1 unspecified atom stereocenters. The van der Waals surface area contributed by atoms with Crippen LogP contribution in [0.4, 0.5) is 4.39 Å². The Kier molecular flexibility index (Phi) is 4.72. The number of hydrogen-bond donors (Lipinski definition) is 1. The summed E-state index contributed by atoms with van der Waals surface area (Å²) in [5.41, 5.74) is 5.50. The lowest BCUT2D eigenvalue weighted by atomic mass is 10.2. The Balaban J connectivity index is 2.30. The Morgan fingerprint density at radius 1 is 1.44 bits per heavy atom. The summed E-state index contributed by atoms with van der Waals surface area (Å²) in [4.78, 5) is 10.9. The van der Waals surface area contributed by atoms with Crippen molar-refractivity contribution in [1.82, 2.24) is 0 Å². The number of benzene rings is 1. The quantitative estimate of drug-likeness (QED) is 0.765. The molecule has 5 heteroatoms.